The van der Waals surface area contributed by atoms with E-state index in [1.54, 1.807) is 30.5 Å². The van der Waals surface area contributed by atoms with Crippen molar-refractivity contribution in [1.82, 2.24) is 14.2 Å². The van der Waals surface area contributed by atoms with Crippen molar-refractivity contribution in [1.29, 1.82) is 0 Å². The molecule has 8 nitrogen and oxygen atoms in total. The number of amides is 1. The number of aliphatic hydroxyl groups excluding tert-OH is 1. The lowest BCUT2D eigenvalue weighted by Gasteiger charge is -2.34. The van der Waals surface area contributed by atoms with E-state index in [-0.39, 0.29) is 17.1 Å². The fourth-order valence-electron chi connectivity index (χ4n) is 4.02. The quantitative estimate of drug-likeness (QED) is 0.514. The lowest BCUT2D eigenvalue weighted by Crippen LogP contribution is -2.49. The number of aliphatic hydroxyl groups is 1. The standard InChI is InChI=1S/C24H25ClN4O4S/c25-21-6-4-17(15-20(21)22-3-1-2-8-27-22)19-16-18(24(26)31)5-7-23(19)34(32,33)29-11-9-28(10-12-29)13-14-30/h1-8,15-16,30H,9-14H2,(H2,26,31). The molecule has 0 saturated carbocycles. The number of β-amino-alcohol motifs (C(OH)–C–C–N with tert-alkyl or cyclic N) is 1. The van der Waals surface area contributed by atoms with Crippen molar-refractivity contribution >= 4 is 27.5 Å². The SMILES string of the molecule is NC(=O)c1ccc(S(=O)(=O)N2CCN(CCO)CC2)c(-c2ccc(Cl)c(-c3ccccn3)c2)c1. The summed E-state index contributed by atoms with van der Waals surface area (Å²) in [6, 6.07) is 15.0. The minimum atomic E-state index is -3.87. The van der Waals surface area contributed by atoms with Crippen LogP contribution in [0.2, 0.25) is 5.02 Å². The number of benzene rings is 2. The molecule has 3 N–H and O–H groups in total. The third-order valence-electron chi connectivity index (χ3n) is 5.85. The molecule has 1 aliphatic rings. The van der Waals surface area contributed by atoms with Gasteiger partial charge in [0.2, 0.25) is 15.9 Å². The number of nitrogens with two attached hydrogens (primary N) is 1. The van der Waals surface area contributed by atoms with Gasteiger partial charge in [-0.25, -0.2) is 8.42 Å². The number of hydrogen-bond acceptors (Lipinski definition) is 6. The van der Waals surface area contributed by atoms with Crippen molar-refractivity contribution < 1.29 is 18.3 Å². The van der Waals surface area contributed by atoms with Gasteiger partial charge in [0.15, 0.2) is 0 Å². The smallest absolute Gasteiger partial charge is 0.248 e. The Hall–Kier alpha value is -2.82. The number of carbonyl (C=O) groups excluding carboxylic acids is 1. The molecular weight excluding hydrogens is 476 g/mol. The molecule has 34 heavy (non-hydrogen) atoms. The molecule has 10 heteroatoms. The Morgan fingerprint density at radius 2 is 1.79 bits per heavy atom. The molecule has 2 aromatic carbocycles. The Labute approximate surface area is 203 Å². The predicted octanol–water partition coefficient (Wildman–Crippen LogP) is 2.47. The second-order valence-corrected chi connectivity index (χ2v) is 10.3. The Morgan fingerprint density at radius 1 is 1.03 bits per heavy atom. The molecule has 0 radical (unpaired) electrons. The first-order chi connectivity index (χ1) is 16.3. The summed E-state index contributed by atoms with van der Waals surface area (Å²) in [6.07, 6.45) is 1.65. The molecule has 0 spiro atoms. The Bertz CT molecular complexity index is 1290. The van der Waals surface area contributed by atoms with E-state index in [1.807, 2.05) is 17.0 Å². The van der Waals surface area contributed by atoms with E-state index in [0.29, 0.717) is 60.1 Å². The number of nitrogens with zero attached hydrogens (tertiary/aromatic N) is 3. The first-order valence-electron chi connectivity index (χ1n) is 10.8. The molecular formula is C24H25ClN4O4S. The molecule has 1 fully saturated rings. The van der Waals surface area contributed by atoms with Crippen molar-refractivity contribution in [2.75, 3.05) is 39.3 Å². The molecule has 0 atom stereocenters. The lowest BCUT2D eigenvalue weighted by atomic mass is 9.99. The van der Waals surface area contributed by atoms with Crippen LogP contribution in [-0.2, 0) is 10.0 Å². The molecule has 1 amide bonds. The highest BCUT2D eigenvalue weighted by Gasteiger charge is 2.31. The van der Waals surface area contributed by atoms with Gasteiger partial charge in [-0.15, -0.1) is 0 Å². The van der Waals surface area contributed by atoms with Crippen LogP contribution in [0.15, 0.2) is 65.7 Å². The van der Waals surface area contributed by atoms with Gasteiger partial charge in [0, 0.05) is 60.6 Å². The van der Waals surface area contributed by atoms with Gasteiger partial charge < -0.3 is 10.8 Å². The number of pyridine rings is 1. The number of primary amides is 1. The highest BCUT2D eigenvalue weighted by molar-refractivity contribution is 7.89. The largest absolute Gasteiger partial charge is 0.395 e. The van der Waals surface area contributed by atoms with Gasteiger partial charge in [-0.1, -0.05) is 23.7 Å². The number of sulfonamides is 1. The minimum Gasteiger partial charge on any atom is -0.395 e. The zero-order chi connectivity index (χ0) is 24.3. The first kappa shape index (κ1) is 24.3. The van der Waals surface area contributed by atoms with Crippen LogP contribution in [0.5, 0.6) is 0 Å². The van der Waals surface area contributed by atoms with E-state index in [9.17, 15) is 13.2 Å². The maximum atomic E-state index is 13.7. The third kappa shape index (κ3) is 4.98. The van der Waals surface area contributed by atoms with Crippen LogP contribution in [0.1, 0.15) is 10.4 Å². The molecule has 1 saturated heterocycles. The number of rotatable bonds is 7. The highest BCUT2D eigenvalue weighted by Crippen LogP contribution is 2.36. The molecule has 0 bridgehead atoms. The maximum Gasteiger partial charge on any atom is 0.248 e. The van der Waals surface area contributed by atoms with Crippen LogP contribution >= 0.6 is 11.6 Å². The van der Waals surface area contributed by atoms with Crippen molar-refractivity contribution in [3.05, 3.63) is 71.4 Å². The molecule has 178 valence electrons. The van der Waals surface area contributed by atoms with Crippen molar-refractivity contribution in [2.45, 2.75) is 4.90 Å². The van der Waals surface area contributed by atoms with Crippen LogP contribution in [0.3, 0.4) is 0 Å². The molecule has 1 aromatic heterocycles. The summed E-state index contributed by atoms with van der Waals surface area (Å²) in [5.41, 5.74) is 7.93. The maximum absolute atomic E-state index is 13.7. The highest BCUT2D eigenvalue weighted by atomic mass is 35.5. The number of hydrogen-bond donors (Lipinski definition) is 2. The summed E-state index contributed by atoms with van der Waals surface area (Å²) < 4.78 is 28.7. The summed E-state index contributed by atoms with van der Waals surface area (Å²) >= 11 is 6.43. The van der Waals surface area contributed by atoms with Gasteiger partial charge in [-0.05, 0) is 48.0 Å². The minimum absolute atomic E-state index is 0.0284. The van der Waals surface area contributed by atoms with Gasteiger partial charge in [0.1, 0.15) is 0 Å². The van der Waals surface area contributed by atoms with Crippen LogP contribution in [0.4, 0.5) is 0 Å². The molecule has 2 heterocycles. The summed E-state index contributed by atoms with van der Waals surface area (Å²) in [5, 5.41) is 9.62. The van der Waals surface area contributed by atoms with E-state index < -0.39 is 15.9 Å². The molecule has 1 aliphatic heterocycles. The van der Waals surface area contributed by atoms with Crippen molar-refractivity contribution in [3.8, 4) is 22.4 Å². The number of halogens is 1. The Morgan fingerprint density at radius 3 is 2.44 bits per heavy atom. The lowest BCUT2D eigenvalue weighted by molar-refractivity contribution is 0.1000. The second-order valence-electron chi connectivity index (χ2n) is 7.95. The number of carbonyl (C=O) groups is 1. The first-order valence-corrected chi connectivity index (χ1v) is 12.6. The molecule has 3 aromatic rings. The van der Waals surface area contributed by atoms with Gasteiger partial charge in [0.05, 0.1) is 17.2 Å². The zero-order valence-corrected chi connectivity index (χ0v) is 20.0. The van der Waals surface area contributed by atoms with Gasteiger partial charge in [0.25, 0.3) is 0 Å². The molecule has 0 aliphatic carbocycles. The van der Waals surface area contributed by atoms with E-state index in [4.69, 9.17) is 22.4 Å². The molecule has 4 rings (SSSR count). The predicted molar refractivity (Wildman–Crippen MR) is 131 cm³/mol. The number of piperazine rings is 1. The average Bonchev–Trinajstić information content (AvgIpc) is 2.85. The third-order valence-corrected chi connectivity index (χ3v) is 8.13. The fourth-order valence-corrected chi connectivity index (χ4v) is 5.85. The van der Waals surface area contributed by atoms with Crippen LogP contribution < -0.4 is 5.73 Å². The second kappa shape index (κ2) is 10.2. The van der Waals surface area contributed by atoms with Crippen molar-refractivity contribution in [2.24, 2.45) is 5.73 Å². The van der Waals surface area contributed by atoms with E-state index in [1.165, 1.54) is 22.5 Å². The summed E-state index contributed by atoms with van der Waals surface area (Å²) in [6.45, 7) is 2.20. The van der Waals surface area contributed by atoms with Gasteiger partial charge >= 0.3 is 0 Å². The summed E-state index contributed by atoms with van der Waals surface area (Å²) in [5.74, 6) is -0.651. The van der Waals surface area contributed by atoms with Crippen LogP contribution in [0.25, 0.3) is 22.4 Å². The fraction of sp³-hybridized carbons (Fsp3) is 0.250. The van der Waals surface area contributed by atoms with Crippen LogP contribution in [0, 0.1) is 0 Å². The van der Waals surface area contributed by atoms with E-state index >= 15 is 0 Å². The summed E-state index contributed by atoms with van der Waals surface area (Å²) in [4.78, 5) is 18.3. The van der Waals surface area contributed by atoms with Gasteiger partial charge in [-0.2, -0.15) is 4.31 Å². The van der Waals surface area contributed by atoms with E-state index in [2.05, 4.69) is 4.98 Å². The monoisotopic (exact) mass is 500 g/mol. The Balaban J connectivity index is 1.79. The average molecular weight is 501 g/mol. The van der Waals surface area contributed by atoms with Crippen LogP contribution in [-0.4, -0.2) is 73.0 Å². The van der Waals surface area contributed by atoms with Gasteiger partial charge in [-0.3, -0.25) is 14.7 Å². The normalized spacial score (nSPS) is 15.4. The Kier molecular flexibility index (Phi) is 7.30. The van der Waals surface area contributed by atoms with Crippen molar-refractivity contribution in [3.63, 3.8) is 0 Å². The number of aromatic nitrogens is 1. The molecule has 0 unspecified atom stereocenters. The zero-order valence-electron chi connectivity index (χ0n) is 18.4. The topological polar surface area (TPSA) is 117 Å². The van der Waals surface area contributed by atoms with E-state index in [0.717, 1.165) is 0 Å². The summed E-state index contributed by atoms with van der Waals surface area (Å²) in [7, 11) is -3.87.